The lowest BCUT2D eigenvalue weighted by molar-refractivity contribution is -0.139. The number of hydrogen-bond acceptors (Lipinski definition) is 10. The number of aromatic carboxylic acids is 2. The predicted molar refractivity (Wildman–Crippen MR) is 149 cm³/mol. The lowest BCUT2D eigenvalue weighted by Crippen LogP contribution is -2.20. The van der Waals surface area contributed by atoms with Gasteiger partial charge in [0.1, 0.15) is 0 Å². The molecule has 0 unspecified atom stereocenters. The Kier molecular flexibility index (Phi) is 34.3. The van der Waals surface area contributed by atoms with E-state index in [9.17, 15) is 19.2 Å². The molecule has 14 nitrogen and oxygen atoms in total. The minimum atomic E-state index is -1.13. The molecule has 0 aliphatic heterocycles. The highest BCUT2D eigenvalue weighted by molar-refractivity contribution is 5.93. The van der Waals surface area contributed by atoms with E-state index in [2.05, 4.69) is 0 Å². The second kappa shape index (κ2) is 31.4. The van der Waals surface area contributed by atoms with Crippen molar-refractivity contribution >= 4 is 23.9 Å². The summed E-state index contributed by atoms with van der Waals surface area (Å²) in [5, 5.41) is 82.0. The van der Waals surface area contributed by atoms with Crippen LogP contribution >= 0.6 is 0 Å². The van der Waals surface area contributed by atoms with Crippen LogP contribution in [-0.2, 0) is 9.59 Å². The molecule has 0 saturated heterocycles. The fourth-order valence-electron chi connectivity index (χ4n) is 1.96. The van der Waals surface area contributed by atoms with Crippen molar-refractivity contribution in [1.29, 1.82) is 0 Å². The molecule has 0 aliphatic rings. The molecule has 0 radical (unpaired) electrons. The minimum Gasteiger partial charge on any atom is -0.481 e. The van der Waals surface area contributed by atoms with Crippen LogP contribution in [-0.4, -0.2) is 115 Å². The molecule has 0 saturated carbocycles. The van der Waals surface area contributed by atoms with E-state index in [-0.39, 0.29) is 69.0 Å². The summed E-state index contributed by atoms with van der Waals surface area (Å²) in [5.74, 6) is -3.99. The van der Waals surface area contributed by atoms with Crippen LogP contribution < -0.4 is 0 Å². The molecule has 0 bridgehead atoms. The first-order valence-corrected chi connectivity index (χ1v) is 12.8. The van der Waals surface area contributed by atoms with Gasteiger partial charge in [-0.15, -0.1) is 0 Å². The van der Waals surface area contributed by atoms with Gasteiger partial charge in [0.15, 0.2) is 0 Å². The Morgan fingerprint density at radius 2 is 0.902 bits per heavy atom. The van der Waals surface area contributed by atoms with E-state index in [1.165, 1.54) is 18.2 Å². The maximum absolute atomic E-state index is 10.4. The van der Waals surface area contributed by atoms with E-state index in [0.29, 0.717) is 12.8 Å². The zero-order chi connectivity index (χ0) is 32.7. The zero-order valence-electron chi connectivity index (χ0n) is 23.8. The molecule has 0 atom stereocenters. The Bertz CT molecular complexity index is 737. The van der Waals surface area contributed by atoms with E-state index in [0.717, 1.165) is 31.7 Å². The monoisotopic (exact) mass is 596 g/mol. The Balaban J connectivity index is -0.000000217. The van der Waals surface area contributed by atoms with Crippen LogP contribution in [0.25, 0.3) is 0 Å². The Labute approximate surface area is 240 Å². The average molecular weight is 597 g/mol. The van der Waals surface area contributed by atoms with Crippen LogP contribution in [0.1, 0.15) is 85.9 Å². The van der Waals surface area contributed by atoms with Crippen molar-refractivity contribution < 1.29 is 70.2 Å². The van der Waals surface area contributed by atoms with Gasteiger partial charge in [-0.25, -0.2) is 9.59 Å². The molecule has 41 heavy (non-hydrogen) atoms. The number of hydrogen-bond donors (Lipinski definition) is 10. The maximum atomic E-state index is 10.4. The first-order valence-electron chi connectivity index (χ1n) is 12.8. The quantitative estimate of drug-likeness (QED) is 0.128. The van der Waals surface area contributed by atoms with E-state index >= 15 is 0 Å². The van der Waals surface area contributed by atoms with Crippen molar-refractivity contribution in [3.8, 4) is 0 Å². The lowest BCUT2D eigenvalue weighted by Gasteiger charge is -2.16. The van der Waals surface area contributed by atoms with Crippen LogP contribution in [0.2, 0.25) is 0 Å². The number of unbranched alkanes of at least 4 members (excludes halogenated alkanes) is 4. The summed E-state index contributed by atoms with van der Waals surface area (Å²) < 4.78 is 0. The van der Waals surface area contributed by atoms with E-state index in [4.69, 9.17) is 51.1 Å². The molecule has 1 aromatic rings. The lowest BCUT2D eigenvalue weighted by atomic mass is 9.97. The van der Waals surface area contributed by atoms with Gasteiger partial charge in [-0.05, 0) is 43.9 Å². The molecule has 0 heterocycles. The molecule has 1 rings (SSSR count). The van der Waals surface area contributed by atoms with Gasteiger partial charge in [-0.1, -0.05) is 32.8 Å². The van der Waals surface area contributed by atoms with Crippen molar-refractivity contribution in [1.82, 2.24) is 0 Å². The van der Waals surface area contributed by atoms with Gasteiger partial charge >= 0.3 is 23.9 Å². The third-order valence-corrected chi connectivity index (χ3v) is 4.41. The second-order valence-corrected chi connectivity index (χ2v) is 8.97. The normalized spacial score (nSPS) is 9.66. The van der Waals surface area contributed by atoms with Crippen LogP contribution in [0.4, 0.5) is 0 Å². The molecule has 0 aliphatic carbocycles. The predicted octanol–water partition coefficient (Wildman–Crippen LogP) is 1.30. The summed E-state index contributed by atoms with van der Waals surface area (Å²) >= 11 is 0. The number of rotatable bonds is 15. The standard InChI is InChI=1S/C8H6O4.C6H10O4.C6H14O2.C5H12O2.C2H6O2/c9-7(10)5-2-1-3-6(4-5)8(11)12;7-5(8)3-1-2-4-6(9)10;7-5-3-1-2-4-6-8;1-5(2,3-6)4-7;3-1-2-4/h1-4H,(H,9,10)(H,11,12);1-4H2,(H,7,8)(H,9,10);7-8H,1-6H2;6-7H,3-4H2,1-2H3;3-4H,1-2H2. The number of carboxylic acid groups (broad SMARTS) is 4. The highest BCUT2D eigenvalue weighted by atomic mass is 16.4. The second-order valence-electron chi connectivity index (χ2n) is 8.97. The maximum Gasteiger partial charge on any atom is 0.335 e. The Morgan fingerprint density at radius 3 is 1.10 bits per heavy atom. The fourth-order valence-corrected chi connectivity index (χ4v) is 1.96. The van der Waals surface area contributed by atoms with Crippen molar-refractivity contribution in [3.05, 3.63) is 35.4 Å². The smallest absolute Gasteiger partial charge is 0.335 e. The van der Waals surface area contributed by atoms with Gasteiger partial charge in [0.2, 0.25) is 0 Å². The first-order chi connectivity index (χ1) is 19.2. The summed E-state index contributed by atoms with van der Waals surface area (Å²) in [7, 11) is 0. The van der Waals surface area contributed by atoms with E-state index in [1.807, 2.05) is 0 Å². The van der Waals surface area contributed by atoms with Crippen LogP contribution in [0.15, 0.2) is 24.3 Å². The van der Waals surface area contributed by atoms with Crippen LogP contribution in [0, 0.1) is 5.41 Å². The number of carbonyl (C=O) groups is 4. The van der Waals surface area contributed by atoms with Crippen LogP contribution in [0.3, 0.4) is 0 Å². The average Bonchev–Trinajstić information content (AvgIpc) is 2.94. The van der Waals surface area contributed by atoms with Gasteiger partial charge in [-0.3, -0.25) is 9.59 Å². The number of aliphatic hydroxyl groups is 6. The van der Waals surface area contributed by atoms with Crippen molar-refractivity contribution in [3.63, 3.8) is 0 Å². The summed E-state index contributed by atoms with van der Waals surface area (Å²) in [4.78, 5) is 40.6. The third-order valence-electron chi connectivity index (χ3n) is 4.41. The van der Waals surface area contributed by atoms with Gasteiger partial charge in [0, 0.05) is 31.5 Å². The molecular weight excluding hydrogens is 548 g/mol. The molecule has 0 fully saturated rings. The Morgan fingerprint density at radius 1 is 0.561 bits per heavy atom. The minimum absolute atomic E-state index is 0.0186. The molecular formula is C27H48O14. The number of aliphatic carboxylic acids is 2. The topological polar surface area (TPSA) is 271 Å². The van der Waals surface area contributed by atoms with E-state index < -0.39 is 23.9 Å². The highest BCUT2D eigenvalue weighted by Gasteiger charge is 2.13. The third kappa shape index (κ3) is 39.1. The molecule has 1 aromatic carbocycles. The van der Waals surface area contributed by atoms with Gasteiger partial charge in [0.05, 0.1) is 37.6 Å². The molecule has 10 N–H and O–H groups in total. The summed E-state index contributed by atoms with van der Waals surface area (Å²) in [6.45, 7) is 4.00. The number of aliphatic hydroxyl groups excluding tert-OH is 6. The summed E-state index contributed by atoms with van der Waals surface area (Å²) in [6.07, 6.45) is 4.85. The molecule has 0 spiro atoms. The molecule has 0 amide bonds. The molecule has 0 aromatic heterocycles. The van der Waals surface area contributed by atoms with Crippen molar-refractivity contribution in [2.24, 2.45) is 5.41 Å². The molecule has 240 valence electrons. The number of carboxylic acids is 4. The van der Waals surface area contributed by atoms with E-state index in [1.54, 1.807) is 13.8 Å². The summed E-state index contributed by atoms with van der Waals surface area (Å²) in [6, 6.07) is 5.20. The van der Waals surface area contributed by atoms with Gasteiger partial charge < -0.3 is 51.1 Å². The molecule has 14 heteroatoms. The highest BCUT2D eigenvalue weighted by Crippen LogP contribution is 2.10. The first kappa shape index (κ1) is 44.9. The largest absolute Gasteiger partial charge is 0.481 e. The van der Waals surface area contributed by atoms with Crippen molar-refractivity contribution in [2.45, 2.75) is 65.2 Å². The van der Waals surface area contributed by atoms with Gasteiger partial charge in [-0.2, -0.15) is 0 Å². The van der Waals surface area contributed by atoms with Crippen molar-refractivity contribution in [2.75, 3.05) is 39.6 Å². The van der Waals surface area contributed by atoms with Crippen LogP contribution in [0.5, 0.6) is 0 Å². The SMILES string of the molecule is CC(C)(CO)CO.O=C(O)CCCCC(=O)O.O=C(O)c1cccc(C(=O)O)c1.OCCCCCCO.OCCO. The fraction of sp³-hybridized carbons (Fsp3) is 0.630. The Hall–Kier alpha value is -3.14. The number of benzene rings is 1. The van der Waals surface area contributed by atoms with Gasteiger partial charge in [0.25, 0.3) is 0 Å². The summed E-state index contributed by atoms with van der Waals surface area (Å²) in [5.41, 5.74) is -0.343. The zero-order valence-corrected chi connectivity index (χ0v) is 23.8.